The summed E-state index contributed by atoms with van der Waals surface area (Å²) in [5, 5.41) is 11.7. The molecule has 0 bridgehead atoms. The van der Waals surface area contributed by atoms with Crippen molar-refractivity contribution in [1.29, 1.82) is 0 Å². The average Bonchev–Trinajstić information content (AvgIpc) is 2.01. The van der Waals surface area contributed by atoms with E-state index in [-0.39, 0.29) is 12.5 Å². The number of nitrogens with one attached hydrogen (secondary N) is 1. The average molecular weight is 305 g/mol. The van der Waals surface area contributed by atoms with Crippen LogP contribution in [0.15, 0.2) is 24.3 Å². The van der Waals surface area contributed by atoms with Gasteiger partial charge in [-0.1, -0.05) is 6.07 Å². The van der Waals surface area contributed by atoms with Crippen molar-refractivity contribution in [1.82, 2.24) is 0 Å². The predicted molar refractivity (Wildman–Crippen MR) is 64.5 cm³/mol. The second kappa shape index (κ2) is 5.19. The lowest BCUT2D eigenvalue weighted by Crippen LogP contribution is -2.19. The minimum Gasteiger partial charge on any atom is -0.481 e. The Morgan fingerprint density at radius 1 is 1.64 bits per heavy atom. The molecule has 0 amide bonds. The van der Waals surface area contributed by atoms with Crippen LogP contribution in [0.3, 0.4) is 0 Å². The molecule has 2 N–H and O–H groups in total. The number of anilines is 1. The van der Waals surface area contributed by atoms with Gasteiger partial charge < -0.3 is 10.4 Å². The molecule has 0 radical (unpaired) electrons. The first-order valence-electron chi connectivity index (χ1n) is 4.32. The third kappa shape index (κ3) is 3.95. The van der Waals surface area contributed by atoms with Gasteiger partial charge in [0.25, 0.3) is 0 Å². The van der Waals surface area contributed by atoms with Crippen LogP contribution in [-0.4, -0.2) is 17.1 Å². The van der Waals surface area contributed by atoms with Crippen molar-refractivity contribution in [2.24, 2.45) is 0 Å². The molecule has 1 rings (SSSR count). The van der Waals surface area contributed by atoms with E-state index in [2.05, 4.69) is 27.9 Å². The van der Waals surface area contributed by atoms with E-state index in [1.165, 1.54) is 0 Å². The van der Waals surface area contributed by atoms with Gasteiger partial charge in [0.05, 0.1) is 6.42 Å². The summed E-state index contributed by atoms with van der Waals surface area (Å²) in [5.41, 5.74) is 0.964. The van der Waals surface area contributed by atoms with E-state index in [0.717, 1.165) is 9.26 Å². The second-order valence-electron chi connectivity index (χ2n) is 3.15. The molecule has 0 aliphatic carbocycles. The largest absolute Gasteiger partial charge is 0.481 e. The fourth-order valence-electron chi connectivity index (χ4n) is 1.18. The van der Waals surface area contributed by atoms with Crippen molar-refractivity contribution in [3.63, 3.8) is 0 Å². The second-order valence-corrected chi connectivity index (χ2v) is 4.40. The van der Waals surface area contributed by atoms with Gasteiger partial charge in [-0.25, -0.2) is 0 Å². The first-order valence-corrected chi connectivity index (χ1v) is 5.39. The van der Waals surface area contributed by atoms with Gasteiger partial charge in [-0.3, -0.25) is 4.79 Å². The number of carboxylic acids is 1. The Kier molecular flexibility index (Phi) is 4.19. The molecule has 76 valence electrons. The number of hydrogen-bond donors (Lipinski definition) is 2. The first kappa shape index (κ1) is 11.3. The van der Waals surface area contributed by atoms with E-state index in [4.69, 9.17) is 5.11 Å². The van der Waals surface area contributed by atoms with Crippen molar-refractivity contribution in [3.05, 3.63) is 27.8 Å². The summed E-state index contributed by atoms with van der Waals surface area (Å²) in [7, 11) is 0. The molecule has 0 heterocycles. The third-order valence-electron chi connectivity index (χ3n) is 1.72. The summed E-state index contributed by atoms with van der Waals surface area (Å²) in [4.78, 5) is 10.4. The number of rotatable bonds is 4. The quantitative estimate of drug-likeness (QED) is 0.841. The van der Waals surface area contributed by atoms with Crippen LogP contribution in [0.5, 0.6) is 0 Å². The van der Waals surface area contributed by atoms with Crippen LogP contribution >= 0.6 is 22.6 Å². The summed E-state index contributed by atoms with van der Waals surface area (Å²) in [6, 6.07) is 7.80. The Morgan fingerprint density at radius 3 is 2.93 bits per heavy atom. The lowest BCUT2D eigenvalue weighted by atomic mass is 10.2. The van der Waals surface area contributed by atoms with Gasteiger partial charge in [0, 0.05) is 15.3 Å². The lowest BCUT2D eigenvalue weighted by Gasteiger charge is -2.12. The summed E-state index contributed by atoms with van der Waals surface area (Å²) < 4.78 is 1.13. The molecule has 0 aliphatic heterocycles. The summed E-state index contributed by atoms with van der Waals surface area (Å²) in [6.07, 6.45) is 0.130. The smallest absolute Gasteiger partial charge is 0.305 e. The minimum atomic E-state index is -0.782. The summed E-state index contributed by atoms with van der Waals surface area (Å²) in [6.45, 7) is 1.86. The van der Waals surface area contributed by atoms with Gasteiger partial charge >= 0.3 is 5.97 Å². The molecule has 14 heavy (non-hydrogen) atoms. The lowest BCUT2D eigenvalue weighted by molar-refractivity contribution is -0.137. The van der Waals surface area contributed by atoms with E-state index in [9.17, 15) is 4.79 Å². The maximum Gasteiger partial charge on any atom is 0.305 e. The summed E-state index contributed by atoms with van der Waals surface area (Å²) in [5.74, 6) is -0.782. The van der Waals surface area contributed by atoms with Crippen molar-refractivity contribution >= 4 is 34.2 Å². The predicted octanol–water partition coefficient (Wildman–Crippen LogP) is 2.57. The highest BCUT2D eigenvalue weighted by atomic mass is 127. The van der Waals surface area contributed by atoms with Gasteiger partial charge in [-0.15, -0.1) is 0 Å². The maximum atomic E-state index is 10.4. The fraction of sp³-hybridized carbons (Fsp3) is 0.300. The third-order valence-corrected chi connectivity index (χ3v) is 2.39. The van der Waals surface area contributed by atoms with Crippen molar-refractivity contribution < 1.29 is 9.90 Å². The maximum absolute atomic E-state index is 10.4. The van der Waals surface area contributed by atoms with E-state index in [1.54, 1.807) is 0 Å². The van der Waals surface area contributed by atoms with Crippen LogP contribution in [0, 0.1) is 3.57 Å². The normalized spacial score (nSPS) is 12.1. The van der Waals surface area contributed by atoms with Gasteiger partial charge in [0.1, 0.15) is 0 Å². The van der Waals surface area contributed by atoms with Gasteiger partial charge in [0.2, 0.25) is 0 Å². The van der Waals surface area contributed by atoms with Crippen molar-refractivity contribution in [2.45, 2.75) is 19.4 Å². The van der Waals surface area contributed by atoms with Crippen LogP contribution in [0.1, 0.15) is 13.3 Å². The van der Waals surface area contributed by atoms with Gasteiger partial charge in [-0.05, 0) is 47.7 Å². The zero-order chi connectivity index (χ0) is 10.6. The van der Waals surface area contributed by atoms with E-state index >= 15 is 0 Å². The Morgan fingerprint density at radius 2 is 2.36 bits per heavy atom. The van der Waals surface area contributed by atoms with Crippen LogP contribution in [-0.2, 0) is 4.79 Å². The highest BCUT2D eigenvalue weighted by molar-refractivity contribution is 14.1. The van der Waals surface area contributed by atoms with Gasteiger partial charge in [-0.2, -0.15) is 0 Å². The van der Waals surface area contributed by atoms with Crippen LogP contribution in [0.25, 0.3) is 0 Å². The van der Waals surface area contributed by atoms with E-state index in [0.29, 0.717) is 0 Å². The summed E-state index contributed by atoms with van der Waals surface area (Å²) >= 11 is 2.22. The minimum absolute atomic E-state index is 0.0503. The van der Waals surface area contributed by atoms with Crippen LogP contribution in [0.2, 0.25) is 0 Å². The number of aliphatic carboxylic acids is 1. The molecule has 3 nitrogen and oxygen atoms in total. The molecule has 4 heteroatoms. The number of hydrogen-bond acceptors (Lipinski definition) is 2. The van der Waals surface area contributed by atoms with E-state index < -0.39 is 5.97 Å². The number of halogens is 1. The molecule has 1 aromatic carbocycles. The zero-order valence-electron chi connectivity index (χ0n) is 7.83. The Bertz CT molecular complexity index is 328. The van der Waals surface area contributed by atoms with Crippen LogP contribution < -0.4 is 5.32 Å². The topological polar surface area (TPSA) is 49.3 Å². The molecule has 0 saturated carbocycles. The standard InChI is InChI=1S/C10H12INO2/c1-7(5-10(13)14)12-9-4-2-3-8(11)6-9/h2-4,6-7,12H,5H2,1H3,(H,13,14). The number of benzene rings is 1. The highest BCUT2D eigenvalue weighted by Gasteiger charge is 2.06. The molecule has 0 aromatic heterocycles. The monoisotopic (exact) mass is 305 g/mol. The molecule has 0 saturated heterocycles. The molecule has 1 unspecified atom stereocenters. The molecule has 1 atom stereocenters. The fourth-order valence-corrected chi connectivity index (χ4v) is 1.72. The Balaban J connectivity index is 2.55. The molecule has 1 aromatic rings. The molecule has 0 spiro atoms. The Labute approximate surface area is 96.7 Å². The highest BCUT2D eigenvalue weighted by Crippen LogP contribution is 2.13. The Hall–Kier alpha value is -0.780. The SMILES string of the molecule is CC(CC(=O)O)Nc1cccc(I)c1. The molecule has 0 aliphatic rings. The number of carboxylic acid groups (broad SMARTS) is 1. The van der Waals surface area contributed by atoms with Crippen LogP contribution in [0.4, 0.5) is 5.69 Å². The van der Waals surface area contributed by atoms with Gasteiger partial charge in [0.15, 0.2) is 0 Å². The molecular weight excluding hydrogens is 293 g/mol. The molecular formula is C10H12INO2. The number of carbonyl (C=O) groups is 1. The first-order chi connectivity index (χ1) is 6.58. The zero-order valence-corrected chi connectivity index (χ0v) is 9.98. The van der Waals surface area contributed by atoms with E-state index in [1.807, 2.05) is 31.2 Å². The van der Waals surface area contributed by atoms with Crippen molar-refractivity contribution in [2.75, 3.05) is 5.32 Å². The molecule has 0 fully saturated rings. The van der Waals surface area contributed by atoms with Crippen molar-refractivity contribution in [3.8, 4) is 0 Å².